The maximum absolute atomic E-state index is 12.8. The number of thiazole rings is 1. The number of hydrogen-bond donors (Lipinski definition) is 1. The maximum atomic E-state index is 12.8. The number of esters is 1. The van der Waals surface area contributed by atoms with Crippen LogP contribution in [-0.4, -0.2) is 53.0 Å². The second kappa shape index (κ2) is 14.1. The molecule has 1 N–H and O–H groups in total. The van der Waals surface area contributed by atoms with Gasteiger partial charge >= 0.3 is 5.97 Å². The predicted octanol–water partition coefficient (Wildman–Crippen LogP) is 5.89. The van der Waals surface area contributed by atoms with Crippen molar-refractivity contribution in [3.8, 4) is 0 Å². The minimum absolute atomic E-state index is 0.0361. The third-order valence-electron chi connectivity index (χ3n) is 6.21. The highest BCUT2D eigenvalue weighted by molar-refractivity contribution is 8.00. The average molecular weight is 537 g/mol. The molecule has 0 spiro atoms. The Labute approximate surface area is 223 Å². The molecule has 1 aliphatic rings. The van der Waals surface area contributed by atoms with Crippen LogP contribution in [0.1, 0.15) is 84.3 Å². The number of hydrogen-bond acceptors (Lipinski definition) is 9. The second-order valence-corrected chi connectivity index (χ2v) is 12.5. The van der Waals surface area contributed by atoms with Gasteiger partial charge < -0.3 is 19.4 Å². The Kier molecular flexibility index (Phi) is 11.3. The molecule has 0 aromatic carbocycles. The van der Waals surface area contributed by atoms with Gasteiger partial charge in [-0.25, -0.2) is 9.97 Å². The molecule has 0 aliphatic carbocycles. The van der Waals surface area contributed by atoms with Crippen LogP contribution >= 0.6 is 23.1 Å². The molecule has 3 heterocycles. The number of rotatable bonds is 13. The van der Waals surface area contributed by atoms with Crippen LogP contribution in [0, 0.1) is 5.92 Å². The van der Waals surface area contributed by atoms with Crippen molar-refractivity contribution in [2.75, 3.05) is 31.6 Å². The lowest BCUT2D eigenvalue weighted by Crippen LogP contribution is -2.38. The van der Waals surface area contributed by atoms with E-state index in [1.807, 2.05) is 6.92 Å². The summed E-state index contributed by atoms with van der Waals surface area (Å²) in [5.74, 6) is 2.23. The van der Waals surface area contributed by atoms with Gasteiger partial charge in [0.25, 0.3) is 0 Å². The summed E-state index contributed by atoms with van der Waals surface area (Å²) in [5.41, 5.74) is -0.0551. The van der Waals surface area contributed by atoms with Crippen molar-refractivity contribution in [1.29, 1.82) is 0 Å². The van der Waals surface area contributed by atoms with Gasteiger partial charge in [0.05, 0.1) is 29.0 Å². The Morgan fingerprint density at radius 2 is 1.92 bits per heavy atom. The molecule has 3 rings (SSSR count). The Morgan fingerprint density at radius 3 is 2.61 bits per heavy atom. The molecule has 2 aromatic rings. The van der Waals surface area contributed by atoms with Gasteiger partial charge in [-0.15, -0.1) is 11.8 Å². The van der Waals surface area contributed by atoms with Crippen LogP contribution in [-0.2, 0) is 25.5 Å². The highest BCUT2D eigenvalue weighted by Gasteiger charge is 2.25. The first-order valence-corrected chi connectivity index (χ1v) is 14.8. The van der Waals surface area contributed by atoms with Crippen LogP contribution in [0.5, 0.6) is 0 Å². The predicted molar refractivity (Wildman–Crippen MR) is 144 cm³/mol. The summed E-state index contributed by atoms with van der Waals surface area (Å²) in [4.78, 5) is 35.3. The number of anilines is 1. The Bertz CT molecular complexity index is 961. The fourth-order valence-electron chi connectivity index (χ4n) is 4.06. The average Bonchev–Trinajstić information content (AvgIpc) is 3.50. The number of oxazole rings is 1. The smallest absolute Gasteiger partial charge is 0.305 e. The molecule has 0 unspecified atom stereocenters. The molecule has 1 aliphatic heterocycles. The maximum Gasteiger partial charge on any atom is 0.305 e. The van der Waals surface area contributed by atoms with Gasteiger partial charge in [-0.3, -0.25) is 9.59 Å². The van der Waals surface area contributed by atoms with Gasteiger partial charge in [-0.2, -0.15) is 0 Å². The first-order chi connectivity index (χ1) is 17.2. The number of thioether (sulfide) groups is 1. The summed E-state index contributed by atoms with van der Waals surface area (Å²) in [6.45, 7) is 11.6. The summed E-state index contributed by atoms with van der Waals surface area (Å²) < 4.78 is 11.8. The van der Waals surface area contributed by atoms with E-state index in [9.17, 15) is 9.59 Å². The molecule has 2 aromatic heterocycles. The molecular weight excluding hydrogens is 496 g/mol. The lowest BCUT2D eigenvalue weighted by molar-refractivity contribution is -0.143. The van der Waals surface area contributed by atoms with E-state index < -0.39 is 0 Å². The van der Waals surface area contributed by atoms with E-state index in [4.69, 9.17) is 9.15 Å². The zero-order chi connectivity index (χ0) is 26.0. The van der Waals surface area contributed by atoms with E-state index in [0.29, 0.717) is 29.8 Å². The van der Waals surface area contributed by atoms with Crippen LogP contribution in [0.2, 0.25) is 0 Å². The number of carbonyl (C=O) groups is 2. The van der Waals surface area contributed by atoms with Crippen molar-refractivity contribution >= 4 is 40.1 Å². The standard InChI is InChI=1S/C26H40N4O4S2/c1-5-33-22(31)10-8-6-7-9-13-30-14-11-19(12-15-30)24(32)29-25-28-17-23(36-25)35-18-21-27-16-20(34-21)26(2,3)4/h16-17,19H,5-15,18H2,1-4H3,(H,28,29,32). The Balaban J connectivity index is 1.30. The van der Waals surface area contributed by atoms with Crippen molar-refractivity contribution in [1.82, 2.24) is 14.9 Å². The number of carbonyl (C=O) groups excluding carboxylic acids is 2. The molecule has 1 saturated heterocycles. The molecule has 10 heteroatoms. The van der Waals surface area contributed by atoms with E-state index >= 15 is 0 Å². The van der Waals surface area contributed by atoms with E-state index in [1.54, 1.807) is 24.2 Å². The summed E-state index contributed by atoms with van der Waals surface area (Å²) in [6, 6.07) is 0. The van der Waals surface area contributed by atoms with Crippen LogP contribution in [0.15, 0.2) is 21.0 Å². The zero-order valence-corrected chi connectivity index (χ0v) is 23.6. The van der Waals surface area contributed by atoms with E-state index in [0.717, 1.165) is 68.1 Å². The number of amides is 1. The largest absolute Gasteiger partial charge is 0.466 e. The highest BCUT2D eigenvalue weighted by Crippen LogP contribution is 2.32. The minimum Gasteiger partial charge on any atom is -0.466 e. The molecule has 0 bridgehead atoms. The molecule has 0 saturated carbocycles. The number of piperidine rings is 1. The van der Waals surface area contributed by atoms with Crippen LogP contribution in [0.3, 0.4) is 0 Å². The summed E-state index contributed by atoms with van der Waals surface area (Å²) in [5, 5.41) is 3.66. The first kappa shape index (κ1) is 28.7. The molecule has 8 nitrogen and oxygen atoms in total. The molecule has 1 amide bonds. The van der Waals surface area contributed by atoms with Crippen molar-refractivity contribution < 1.29 is 18.7 Å². The lowest BCUT2D eigenvalue weighted by atomic mass is 9.94. The fourth-order valence-corrected chi connectivity index (χ4v) is 5.79. The SMILES string of the molecule is CCOC(=O)CCCCCCN1CCC(C(=O)Nc2ncc(SCc3ncc(C(C)(C)C)o3)s2)CC1. The molecule has 36 heavy (non-hydrogen) atoms. The van der Waals surface area contributed by atoms with E-state index in [1.165, 1.54) is 11.3 Å². The van der Waals surface area contributed by atoms with Crippen LogP contribution in [0.4, 0.5) is 5.13 Å². The summed E-state index contributed by atoms with van der Waals surface area (Å²) >= 11 is 3.11. The Morgan fingerprint density at radius 1 is 1.17 bits per heavy atom. The van der Waals surface area contributed by atoms with Crippen molar-refractivity contribution in [3.05, 3.63) is 24.0 Å². The van der Waals surface area contributed by atoms with Crippen molar-refractivity contribution in [2.45, 2.75) is 88.0 Å². The summed E-state index contributed by atoms with van der Waals surface area (Å²) in [7, 11) is 0. The number of nitrogens with one attached hydrogen (secondary N) is 1. The van der Waals surface area contributed by atoms with Gasteiger partial charge in [0, 0.05) is 17.8 Å². The van der Waals surface area contributed by atoms with Gasteiger partial charge in [0.15, 0.2) is 5.13 Å². The van der Waals surface area contributed by atoms with Gasteiger partial charge in [-0.1, -0.05) is 44.9 Å². The van der Waals surface area contributed by atoms with Gasteiger partial charge in [0.2, 0.25) is 11.8 Å². The van der Waals surface area contributed by atoms with E-state index in [2.05, 4.69) is 41.0 Å². The number of nitrogens with zero attached hydrogens (tertiary/aromatic N) is 3. The van der Waals surface area contributed by atoms with Gasteiger partial charge in [-0.05, 0) is 52.2 Å². The number of aromatic nitrogens is 2. The molecule has 1 fully saturated rings. The molecule has 0 radical (unpaired) electrons. The first-order valence-electron chi connectivity index (χ1n) is 13.0. The Hall–Kier alpha value is -1.91. The van der Waals surface area contributed by atoms with Crippen LogP contribution < -0.4 is 5.32 Å². The van der Waals surface area contributed by atoms with Crippen molar-refractivity contribution in [3.63, 3.8) is 0 Å². The van der Waals surface area contributed by atoms with E-state index in [-0.39, 0.29) is 23.2 Å². The normalized spacial score (nSPS) is 15.2. The number of unbranched alkanes of at least 4 members (excludes halogenated alkanes) is 3. The van der Waals surface area contributed by atoms with Gasteiger partial charge in [0.1, 0.15) is 5.76 Å². The monoisotopic (exact) mass is 536 g/mol. The van der Waals surface area contributed by atoms with Crippen molar-refractivity contribution in [2.24, 2.45) is 5.92 Å². The quantitative estimate of drug-likeness (QED) is 0.192. The number of likely N-dealkylation sites (tertiary alicyclic amines) is 1. The highest BCUT2D eigenvalue weighted by atomic mass is 32.2. The minimum atomic E-state index is -0.0912. The third-order valence-corrected chi connectivity index (χ3v) is 8.31. The topological polar surface area (TPSA) is 97.6 Å². The molecular formula is C26H40N4O4S2. The number of ether oxygens (including phenoxy) is 1. The molecule has 0 atom stereocenters. The lowest BCUT2D eigenvalue weighted by Gasteiger charge is -2.31. The third kappa shape index (κ3) is 9.52. The molecule has 200 valence electrons. The summed E-state index contributed by atoms with van der Waals surface area (Å²) in [6.07, 6.45) is 10.1. The second-order valence-electron chi connectivity index (χ2n) is 10.2. The zero-order valence-electron chi connectivity index (χ0n) is 22.0. The fraction of sp³-hybridized carbons (Fsp3) is 0.692. The van der Waals surface area contributed by atoms with Crippen LogP contribution in [0.25, 0.3) is 0 Å².